The Labute approximate surface area is 157 Å². The van der Waals surface area contributed by atoms with E-state index >= 15 is 0 Å². The number of benzene rings is 1. The van der Waals surface area contributed by atoms with E-state index in [1.165, 1.54) is 33.4 Å². The van der Waals surface area contributed by atoms with Crippen molar-refractivity contribution in [2.75, 3.05) is 0 Å². The van der Waals surface area contributed by atoms with Gasteiger partial charge in [0.1, 0.15) is 5.76 Å². The minimum atomic E-state index is 0.0587. The Morgan fingerprint density at radius 1 is 1.04 bits per heavy atom. The summed E-state index contributed by atoms with van der Waals surface area (Å²) < 4.78 is 0. The van der Waals surface area contributed by atoms with Gasteiger partial charge in [-0.25, -0.2) is 0 Å². The summed E-state index contributed by atoms with van der Waals surface area (Å²) in [6.45, 7) is 8.89. The molecule has 1 aromatic rings. The monoisotopic (exact) mass is 346 g/mol. The maximum Gasteiger partial charge on any atom is 0.100 e. The average Bonchev–Trinajstić information content (AvgIpc) is 2.86. The Morgan fingerprint density at radius 3 is 2.46 bits per heavy atom. The summed E-state index contributed by atoms with van der Waals surface area (Å²) in [6.07, 6.45) is 13.5. The molecule has 0 saturated heterocycles. The molecule has 3 aliphatic carbocycles. The smallest absolute Gasteiger partial charge is 0.100 e. The first-order valence-corrected chi connectivity index (χ1v) is 10.1. The highest BCUT2D eigenvalue weighted by atomic mass is 16.3. The van der Waals surface area contributed by atoms with Gasteiger partial charge in [0.15, 0.2) is 0 Å². The number of hydrogen-bond acceptors (Lipinski definition) is 1. The average molecular weight is 347 g/mol. The topological polar surface area (TPSA) is 20.2 Å². The maximum absolute atomic E-state index is 10.9. The van der Waals surface area contributed by atoms with Crippen LogP contribution in [-0.2, 0) is 5.41 Å². The summed E-state index contributed by atoms with van der Waals surface area (Å²) in [6, 6.07) is 6.99. The lowest BCUT2D eigenvalue weighted by atomic mass is 9.67. The second-order valence-electron chi connectivity index (χ2n) is 8.35. The summed E-state index contributed by atoms with van der Waals surface area (Å²) in [5.41, 5.74) is 8.40. The molecule has 3 aliphatic rings. The molecule has 0 aromatic heterocycles. The van der Waals surface area contributed by atoms with E-state index in [0.29, 0.717) is 5.76 Å². The van der Waals surface area contributed by atoms with Gasteiger partial charge in [-0.3, -0.25) is 0 Å². The van der Waals surface area contributed by atoms with Crippen LogP contribution in [0.15, 0.2) is 59.4 Å². The molecule has 0 aliphatic heterocycles. The third-order valence-electron chi connectivity index (χ3n) is 6.50. The Morgan fingerprint density at radius 2 is 1.77 bits per heavy atom. The van der Waals surface area contributed by atoms with E-state index in [9.17, 15) is 5.11 Å². The van der Waals surface area contributed by atoms with Crippen molar-refractivity contribution in [1.82, 2.24) is 0 Å². The van der Waals surface area contributed by atoms with Gasteiger partial charge >= 0.3 is 0 Å². The highest BCUT2D eigenvalue weighted by Crippen LogP contribution is 2.58. The van der Waals surface area contributed by atoms with Crippen LogP contribution < -0.4 is 0 Å². The molecule has 0 radical (unpaired) electrons. The SMILES string of the molecule is CCCC1(CCC)C2=C(c3ccc(C)cc31)C1C=CC(C)=CC1C(O)=C2. The van der Waals surface area contributed by atoms with Crippen molar-refractivity contribution in [3.63, 3.8) is 0 Å². The van der Waals surface area contributed by atoms with Crippen molar-refractivity contribution in [2.24, 2.45) is 11.8 Å². The Balaban J connectivity index is 1.99. The van der Waals surface area contributed by atoms with E-state index in [2.05, 4.69) is 70.2 Å². The summed E-state index contributed by atoms with van der Waals surface area (Å²) in [4.78, 5) is 0. The van der Waals surface area contributed by atoms with Crippen molar-refractivity contribution >= 4 is 5.57 Å². The maximum atomic E-state index is 10.9. The molecule has 26 heavy (non-hydrogen) atoms. The molecule has 2 unspecified atom stereocenters. The number of aliphatic hydroxyl groups is 1. The quantitative estimate of drug-likeness (QED) is 0.635. The summed E-state index contributed by atoms with van der Waals surface area (Å²) in [5.74, 6) is 0.890. The van der Waals surface area contributed by atoms with Crippen LogP contribution in [-0.4, -0.2) is 5.11 Å². The second kappa shape index (κ2) is 6.30. The van der Waals surface area contributed by atoms with Gasteiger partial charge in [0.2, 0.25) is 0 Å². The molecule has 0 amide bonds. The van der Waals surface area contributed by atoms with Crippen LogP contribution in [0.3, 0.4) is 0 Å². The fourth-order valence-corrected chi connectivity index (χ4v) is 5.54. The predicted molar refractivity (Wildman–Crippen MR) is 110 cm³/mol. The van der Waals surface area contributed by atoms with Gasteiger partial charge in [-0.15, -0.1) is 0 Å². The van der Waals surface area contributed by atoms with Crippen LogP contribution in [0.5, 0.6) is 0 Å². The number of allylic oxidation sites excluding steroid dienone is 7. The summed E-state index contributed by atoms with van der Waals surface area (Å²) in [5, 5.41) is 10.9. The zero-order valence-corrected chi connectivity index (χ0v) is 16.5. The lowest BCUT2D eigenvalue weighted by Gasteiger charge is -2.36. The molecule has 0 heterocycles. The van der Waals surface area contributed by atoms with Crippen LogP contribution in [0.1, 0.15) is 63.1 Å². The Bertz CT molecular complexity index is 856. The largest absolute Gasteiger partial charge is 0.512 e. The van der Waals surface area contributed by atoms with Crippen LogP contribution in [0, 0.1) is 18.8 Å². The van der Waals surface area contributed by atoms with Crippen LogP contribution in [0.2, 0.25) is 0 Å². The van der Waals surface area contributed by atoms with Gasteiger partial charge in [0, 0.05) is 17.3 Å². The fraction of sp³-hybridized carbons (Fsp3) is 0.440. The van der Waals surface area contributed by atoms with Gasteiger partial charge in [0.25, 0.3) is 0 Å². The molecular formula is C25H30O. The number of hydrogen-bond donors (Lipinski definition) is 1. The van der Waals surface area contributed by atoms with Crippen molar-refractivity contribution < 1.29 is 5.11 Å². The minimum absolute atomic E-state index is 0.0587. The molecule has 2 atom stereocenters. The van der Waals surface area contributed by atoms with Gasteiger partial charge in [-0.2, -0.15) is 0 Å². The molecule has 1 nitrogen and oxygen atoms in total. The first-order valence-electron chi connectivity index (χ1n) is 10.1. The standard InChI is InChI=1S/C25H30O/c1-5-11-25(12-6-2)21-14-17(4)8-10-19(21)24-18-9-7-16(3)13-20(18)23(26)15-22(24)25/h7-10,13-15,18,20,26H,5-6,11-12H2,1-4H3. The van der Waals surface area contributed by atoms with Gasteiger partial charge < -0.3 is 5.11 Å². The molecule has 0 bridgehead atoms. The van der Waals surface area contributed by atoms with Gasteiger partial charge in [-0.05, 0) is 55.0 Å². The molecule has 0 saturated carbocycles. The summed E-state index contributed by atoms with van der Waals surface area (Å²) >= 11 is 0. The number of aryl methyl sites for hydroxylation is 1. The lowest BCUT2D eigenvalue weighted by molar-refractivity contribution is 0.330. The first-order chi connectivity index (χ1) is 12.5. The highest BCUT2D eigenvalue weighted by Gasteiger charge is 2.48. The highest BCUT2D eigenvalue weighted by molar-refractivity contribution is 5.87. The van der Waals surface area contributed by atoms with Crippen molar-refractivity contribution in [2.45, 2.75) is 58.8 Å². The Hall–Kier alpha value is -2.02. The number of aliphatic hydroxyl groups excluding tert-OH is 1. The van der Waals surface area contributed by atoms with Gasteiger partial charge in [0.05, 0.1) is 0 Å². The van der Waals surface area contributed by atoms with Crippen molar-refractivity contribution in [3.05, 3.63) is 76.1 Å². The third kappa shape index (κ3) is 2.36. The normalized spacial score (nSPS) is 25.4. The predicted octanol–water partition coefficient (Wildman–Crippen LogP) is 6.80. The lowest BCUT2D eigenvalue weighted by Crippen LogP contribution is -2.29. The van der Waals surface area contributed by atoms with E-state index in [1.54, 1.807) is 0 Å². The molecule has 4 rings (SSSR count). The molecule has 0 fully saturated rings. The van der Waals surface area contributed by atoms with E-state index in [-0.39, 0.29) is 17.3 Å². The number of fused-ring (bicyclic) bond motifs is 4. The second-order valence-corrected chi connectivity index (χ2v) is 8.35. The Kier molecular flexibility index (Phi) is 4.22. The molecule has 1 heteroatoms. The van der Waals surface area contributed by atoms with Crippen LogP contribution in [0.25, 0.3) is 5.57 Å². The van der Waals surface area contributed by atoms with E-state index < -0.39 is 0 Å². The van der Waals surface area contributed by atoms with E-state index in [0.717, 1.165) is 25.7 Å². The zero-order chi connectivity index (χ0) is 18.5. The van der Waals surface area contributed by atoms with Crippen molar-refractivity contribution in [3.8, 4) is 0 Å². The molecule has 0 spiro atoms. The van der Waals surface area contributed by atoms with Crippen LogP contribution >= 0.6 is 0 Å². The molecular weight excluding hydrogens is 316 g/mol. The zero-order valence-electron chi connectivity index (χ0n) is 16.5. The summed E-state index contributed by atoms with van der Waals surface area (Å²) in [7, 11) is 0. The van der Waals surface area contributed by atoms with E-state index in [1.807, 2.05) is 0 Å². The van der Waals surface area contributed by atoms with Gasteiger partial charge in [-0.1, -0.05) is 74.3 Å². The number of rotatable bonds is 4. The van der Waals surface area contributed by atoms with Crippen LogP contribution in [0.4, 0.5) is 0 Å². The minimum Gasteiger partial charge on any atom is -0.512 e. The molecule has 1 N–H and O–H groups in total. The molecule has 136 valence electrons. The van der Waals surface area contributed by atoms with Crippen molar-refractivity contribution in [1.29, 1.82) is 0 Å². The first kappa shape index (κ1) is 17.4. The van der Waals surface area contributed by atoms with E-state index in [4.69, 9.17) is 0 Å². The third-order valence-corrected chi connectivity index (χ3v) is 6.50. The molecule has 1 aromatic carbocycles. The fourth-order valence-electron chi connectivity index (χ4n) is 5.54.